The molecule has 1 amide bonds. The lowest BCUT2D eigenvalue weighted by molar-refractivity contribution is -0.148. The fraction of sp³-hybridized carbons (Fsp3) is 0.923. The van der Waals surface area contributed by atoms with Gasteiger partial charge in [0, 0.05) is 19.1 Å². The van der Waals surface area contributed by atoms with Crippen LogP contribution in [-0.2, 0) is 4.79 Å². The summed E-state index contributed by atoms with van der Waals surface area (Å²) in [6, 6.07) is -0.603. The maximum absolute atomic E-state index is 12.2. The van der Waals surface area contributed by atoms with E-state index < -0.39 is 18.8 Å². The molecule has 3 N–H and O–H groups in total. The summed E-state index contributed by atoms with van der Waals surface area (Å²) < 4.78 is 36.7. The van der Waals surface area contributed by atoms with Crippen molar-refractivity contribution < 1.29 is 18.0 Å². The molecule has 0 spiro atoms. The maximum atomic E-state index is 12.2. The summed E-state index contributed by atoms with van der Waals surface area (Å²) in [5.74, 6) is 0.136. The van der Waals surface area contributed by atoms with Gasteiger partial charge in [-0.05, 0) is 25.2 Å². The van der Waals surface area contributed by atoms with E-state index in [4.69, 9.17) is 5.73 Å². The van der Waals surface area contributed by atoms with Crippen molar-refractivity contribution in [1.29, 1.82) is 0 Å². The Hall–Kier alpha value is -0.820. The van der Waals surface area contributed by atoms with E-state index in [9.17, 15) is 18.0 Å². The normalized spacial score (nSPS) is 20.1. The minimum absolute atomic E-state index is 0.0646. The van der Waals surface area contributed by atoms with Gasteiger partial charge in [0.1, 0.15) is 0 Å². The molecular formula is C13H24F3N3O. The Balaban J connectivity index is 2.30. The van der Waals surface area contributed by atoms with Gasteiger partial charge in [-0.1, -0.05) is 13.8 Å². The van der Waals surface area contributed by atoms with Crippen molar-refractivity contribution in [2.45, 2.75) is 51.4 Å². The van der Waals surface area contributed by atoms with Crippen molar-refractivity contribution in [3.8, 4) is 0 Å². The van der Waals surface area contributed by atoms with Crippen LogP contribution < -0.4 is 11.1 Å². The third-order valence-corrected chi connectivity index (χ3v) is 3.40. The molecule has 0 aromatic rings. The highest BCUT2D eigenvalue weighted by molar-refractivity contribution is 5.81. The molecule has 1 rings (SSSR count). The van der Waals surface area contributed by atoms with Crippen molar-refractivity contribution in [3.05, 3.63) is 0 Å². The molecule has 1 aliphatic heterocycles. The second kappa shape index (κ2) is 7.26. The second-order valence-electron chi connectivity index (χ2n) is 5.91. The first kappa shape index (κ1) is 17.2. The topological polar surface area (TPSA) is 58.4 Å². The Labute approximate surface area is 117 Å². The highest BCUT2D eigenvalue weighted by atomic mass is 19.4. The minimum atomic E-state index is -4.16. The molecule has 4 nitrogen and oxygen atoms in total. The van der Waals surface area contributed by atoms with Crippen LogP contribution in [-0.4, -0.2) is 48.7 Å². The van der Waals surface area contributed by atoms with Crippen molar-refractivity contribution >= 4 is 5.91 Å². The summed E-state index contributed by atoms with van der Waals surface area (Å²) in [5.41, 5.74) is 5.77. The molecule has 0 bridgehead atoms. The lowest BCUT2D eigenvalue weighted by Crippen LogP contribution is -2.50. The molecule has 20 heavy (non-hydrogen) atoms. The summed E-state index contributed by atoms with van der Waals surface area (Å²) >= 11 is 0. The molecular weight excluding hydrogens is 271 g/mol. The second-order valence-corrected chi connectivity index (χ2v) is 5.91. The molecule has 0 saturated carbocycles. The average molecular weight is 295 g/mol. The highest BCUT2D eigenvalue weighted by Crippen LogP contribution is 2.19. The lowest BCUT2D eigenvalue weighted by atomic mass is 10.0. The fourth-order valence-corrected chi connectivity index (χ4v) is 2.41. The van der Waals surface area contributed by atoms with Crippen LogP contribution in [0.15, 0.2) is 0 Å². The third kappa shape index (κ3) is 6.56. The van der Waals surface area contributed by atoms with Gasteiger partial charge in [-0.25, -0.2) is 0 Å². The number of nitrogens with two attached hydrogens (primary N) is 1. The molecule has 0 radical (unpaired) electrons. The van der Waals surface area contributed by atoms with Crippen LogP contribution >= 0.6 is 0 Å². The first-order chi connectivity index (χ1) is 9.17. The number of piperidine rings is 1. The summed E-state index contributed by atoms with van der Waals surface area (Å²) in [6.07, 6.45) is -2.47. The number of nitrogens with one attached hydrogen (secondary N) is 1. The Kier molecular flexibility index (Phi) is 6.26. The summed E-state index contributed by atoms with van der Waals surface area (Å²) in [4.78, 5) is 13.2. The number of halogens is 3. The van der Waals surface area contributed by atoms with Gasteiger partial charge in [0.2, 0.25) is 5.91 Å². The summed E-state index contributed by atoms with van der Waals surface area (Å²) in [7, 11) is 0. The van der Waals surface area contributed by atoms with Gasteiger partial charge in [-0.3, -0.25) is 9.69 Å². The number of hydrogen-bond donors (Lipinski definition) is 2. The van der Waals surface area contributed by atoms with E-state index in [0.29, 0.717) is 38.3 Å². The van der Waals surface area contributed by atoms with Crippen LogP contribution in [0.4, 0.5) is 13.2 Å². The van der Waals surface area contributed by atoms with E-state index in [0.717, 1.165) is 0 Å². The largest absolute Gasteiger partial charge is 0.401 e. The van der Waals surface area contributed by atoms with Gasteiger partial charge >= 0.3 is 6.18 Å². The van der Waals surface area contributed by atoms with Gasteiger partial charge in [0.05, 0.1) is 12.6 Å². The minimum Gasteiger partial charge on any atom is -0.352 e. The average Bonchev–Trinajstić information content (AvgIpc) is 2.28. The van der Waals surface area contributed by atoms with E-state index >= 15 is 0 Å². The Morgan fingerprint density at radius 2 is 1.90 bits per heavy atom. The zero-order valence-electron chi connectivity index (χ0n) is 12.0. The highest BCUT2D eigenvalue weighted by Gasteiger charge is 2.33. The van der Waals surface area contributed by atoms with Crippen molar-refractivity contribution in [3.63, 3.8) is 0 Å². The van der Waals surface area contributed by atoms with Crippen LogP contribution in [0, 0.1) is 5.92 Å². The number of amides is 1. The standard InChI is InChI=1S/C13H24F3N3O/c1-9(2)7-11(17)12(20)18-10-3-5-19(6-4-10)8-13(14,15)16/h9-11H,3-8,17H2,1-2H3,(H,18,20)/t11-/m0/s1. The van der Waals surface area contributed by atoms with Crippen LogP contribution in [0.1, 0.15) is 33.1 Å². The van der Waals surface area contributed by atoms with Crippen molar-refractivity contribution in [2.75, 3.05) is 19.6 Å². The number of nitrogens with zero attached hydrogens (tertiary/aromatic N) is 1. The van der Waals surface area contributed by atoms with Gasteiger partial charge in [-0.15, -0.1) is 0 Å². The van der Waals surface area contributed by atoms with E-state index in [2.05, 4.69) is 5.32 Å². The number of carbonyl (C=O) groups excluding carboxylic acids is 1. The Morgan fingerprint density at radius 3 is 2.35 bits per heavy atom. The number of carbonyl (C=O) groups is 1. The number of hydrogen-bond acceptors (Lipinski definition) is 3. The molecule has 0 unspecified atom stereocenters. The molecule has 1 heterocycles. The first-order valence-electron chi connectivity index (χ1n) is 7.02. The van der Waals surface area contributed by atoms with Crippen LogP contribution in [0.3, 0.4) is 0 Å². The lowest BCUT2D eigenvalue weighted by Gasteiger charge is -2.33. The van der Waals surface area contributed by atoms with Gasteiger partial charge in [-0.2, -0.15) is 13.2 Å². The molecule has 0 aromatic carbocycles. The zero-order valence-corrected chi connectivity index (χ0v) is 12.0. The zero-order chi connectivity index (χ0) is 15.3. The molecule has 7 heteroatoms. The molecule has 0 aromatic heterocycles. The molecule has 1 atom stereocenters. The molecule has 1 saturated heterocycles. The van der Waals surface area contributed by atoms with Crippen LogP contribution in [0.2, 0.25) is 0 Å². The molecule has 118 valence electrons. The molecule has 1 fully saturated rings. The van der Waals surface area contributed by atoms with Gasteiger partial charge < -0.3 is 11.1 Å². The monoisotopic (exact) mass is 295 g/mol. The quantitative estimate of drug-likeness (QED) is 0.808. The van der Waals surface area contributed by atoms with E-state index in [-0.39, 0.29) is 11.9 Å². The Morgan fingerprint density at radius 1 is 1.35 bits per heavy atom. The number of alkyl halides is 3. The number of rotatable bonds is 5. The maximum Gasteiger partial charge on any atom is 0.401 e. The predicted octanol–water partition coefficient (Wildman–Crippen LogP) is 1.50. The van der Waals surface area contributed by atoms with E-state index in [1.165, 1.54) is 4.90 Å². The van der Waals surface area contributed by atoms with Crippen molar-refractivity contribution in [2.24, 2.45) is 11.7 Å². The smallest absolute Gasteiger partial charge is 0.352 e. The summed E-state index contributed by atoms with van der Waals surface area (Å²) in [6.45, 7) is 3.81. The fourth-order valence-electron chi connectivity index (χ4n) is 2.41. The predicted molar refractivity (Wildman–Crippen MR) is 71.1 cm³/mol. The van der Waals surface area contributed by atoms with Crippen molar-refractivity contribution in [1.82, 2.24) is 10.2 Å². The van der Waals surface area contributed by atoms with Crippen LogP contribution in [0.25, 0.3) is 0 Å². The Bertz CT molecular complexity index is 312. The van der Waals surface area contributed by atoms with E-state index in [1.54, 1.807) is 0 Å². The third-order valence-electron chi connectivity index (χ3n) is 3.40. The first-order valence-corrected chi connectivity index (χ1v) is 7.02. The van der Waals surface area contributed by atoms with Crippen LogP contribution in [0.5, 0.6) is 0 Å². The summed E-state index contributed by atoms with van der Waals surface area (Å²) in [5, 5.41) is 2.84. The number of likely N-dealkylation sites (tertiary alicyclic amines) is 1. The molecule has 1 aliphatic rings. The molecule has 0 aliphatic carbocycles. The van der Waals surface area contributed by atoms with Gasteiger partial charge in [0.15, 0.2) is 0 Å². The van der Waals surface area contributed by atoms with E-state index in [1.807, 2.05) is 13.8 Å². The van der Waals surface area contributed by atoms with Gasteiger partial charge in [0.25, 0.3) is 0 Å². The SMILES string of the molecule is CC(C)C[C@H](N)C(=O)NC1CCN(CC(F)(F)F)CC1.